The van der Waals surface area contributed by atoms with Gasteiger partial charge in [-0.2, -0.15) is 0 Å². The summed E-state index contributed by atoms with van der Waals surface area (Å²) in [5, 5.41) is 2.80. The highest BCUT2D eigenvalue weighted by molar-refractivity contribution is 5.94. The fraction of sp³-hybridized carbons (Fsp3) is 0.350. The van der Waals surface area contributed by atoms with Gasteiger partial charge in [-0.05, 0) is 62.6 Å². The normalized spacial score (nSPS) is 10.6. The number of carbonyl (C=O) groups is 1. The molecule has 2 aromatic carbocycles. The van der Waals surface area contributed by atoms with E-state index in [1.807, 2.05) is 38.1 Å². The van der Waals surface area contributed by atoms with Crippen LogP contribution in [0.25, 0.3) is 0 Å². The number of nitrogens with one attached hydrogen (secondary N) is 1. The number of hydrogen-bond acceptors (Lipinski definition) is 3. The van der Waals surface area contributed by atoms with Crippen LogP contribution in [0.3, 0.4) is 0 Å². The van der Waals surface area contributed by atoms with E-state index in [1.165, 1.54) is 19.2 Å². The SMILES string of the molecule is COc1ccc(C(=O)NCCCc2cccc(OC(C)C)c2)cc1F. The summed E-state index contributed by atoms with van der Waals surface area (Å²) in [6, 6.07) is 12.1. The van der Waals surface area contributed by atoms with E-state index in [0.717, 1.165) is 24.2 Å². The maximum atomic E-state index is 13.6. The minimum absolute atomic E-state index is 0.125. The van der Waals surface area contributed by atoms with Crippen LogP contribution in [0.15, 0.2) is 42.5 Å². The molecule has 1 amide bonds. The van der Waals surface area contributed by atoms with E-state index in [4.69, 9.17) is 9.47 Å². The van der Waals surface area contributed by atoms with Gasteiger partial charge in [0.15, 0.2) is 11.6 Å². The molecule has 134 valence electrons. The maximum Gasteiger partial charge on any atom is 0.251 e. The zero-order chi connectivity index (χ0) is 18.2. The van der Waals surface area contributed by atoms with Gasteiger partial charge in [0.05, 0.1) is 13.2 Å². The Kier molecular flexibility index (Phi) is 6.81. The lowest BCUT2D eigenvalue weighted by atomic mass is 10.1. The molecule has 4 nitrogen and oxygen atoms in total. The molecule has 0 aliphatic heterocycles. The quantitative estimate of drug-likeness (QED) is 0.736. The topological polar surface area (TPSA) is 47.6 Å². The van der Waals surface area contributed by atoms with Crippen LogP contribution in [-0.4, -0.2) is 25.7 Å². The van der Waals surface area contributed by atoms with Crippen LogP contribution in [0.4, 0.5) is 4.39 Å². The minimum Gasteiger partial charge on any atom is -0.494 e. The summed E-state index contributed by atoms with van der Waals surface area (Å²) >= 11 is 0. The first-order chi connectivity index (χ1) is 12.0. The number of halogens is 1. The fourth-order valence-corrected chi connectivity index (χ4v) is 2.45. The lowest BCUT2D eigenvalue weighted by Gasteiger charge is -2.11. The van der Waals surface area contributed by atoms with Crippen LogP contribution < -0.4 is 14.8 Å². The summed E-state index contributed by atoms with van der Waals surface area (Å²) in [5.41, 5.74) is 1.44. The van der Waals surface area contributed by atoms with Gasteiger partial charge in [-0.15, -0.1) is 0 Å². The van der Waals surface area contributed by atoms with Gasteiger partial charge in [-0.25, -0.2) is 4.39 Å². The molecule has 25 heavy (non-hydrogen) atoms. The lowest BCUT2D eigenvalue weighted by molar-refractivity contribution is 0.0952. The number of benzene rings is 2. The summed E-state index contributed by atoms with van der Waals surface area (Å²) in [6.45, 7) is 4.50. The molecule has 0 bridgehead atoms. The zero-order valence-electron chi connectivity index (χ0n) is 14.8. The number of rotatable bonds is 8. The third-order valence-corrected chi connectivity index (χ3v) is 3.61. The standard InChI is InChI=1S/C20H24FNO3/c1-14(2)25-17-8-4-6-15(12-17)7-5-11-22-20(23)16-9-10-19(24-3)18(21)13-16/h4,6,8-10,12-14H,5,7,11H2,1-3H3,(H,22,23). The van der Waals surface area contributed by atoms with Crippen molar-refractivity contribution in [2.24, 2.45) is 0 Å². The van der Waals surface area contributed by atoms with E-state index in [2.05, 4.69) is 5.32 Å². The second kappa shape index (κ2) is 9.06. The van der Waals surface area contributed by atoms with E-state index in [9.17, 15) is 9.18 Å². The number of carbonyl (C=O) groups excluding carboxylic acids is 1. The van der Waals surface area contributed by atoms with Crippen LogP contribution in [-0.2, 0) is 6.42 Å². The van der Waals surface area contributed by atoms with Gasteiger partial charge >= 0.3 is 0 Å². The second-order valence-electron chi connectivity index (χ2n) is 6.02. The molecular formula is C20H24FNO3. The van der Waals surface area contributed by atoms with Gasteiger partial charge in [-0.1, -0.05) is 12.1 Å². The van der Waals surface area contributed by atoms with Crippen molar-refractivity contribution < 1.29 is 18.7 Å². The Morgan fingerprint density at radius 2 is 2.00 bits per heavy atom. The fourth-order valence-electron chi connectivity index (χ4n) is 2.45. The molecule has 0 fully saturated rings. The van der Waals surface area contributed by atoms with E-state index in [0.29, 0.717) is 6.54 Å². The van der Waals surface area contributed by atoms with E-state index < -0.39 is 5.82 Å². The van der Waals surface area contributed by atoms with Crippen molar-refractivity contribution >= 4 is 5.91 Å². The third-order valence-electron chi connectivity index (χ3n) is 3.61. The maximum absolute atomic E-state index is 13.6. The Bertz CT molecular complexity index is 716. The summed E-state index contributed by atoms with van der Waals surface area (Å²) in [6.07, 6.45) is 1.75. The molecule has 0 radical (unpaired) electrons. The van der Waals surface area contributed by atoms with Crippen molar-refractivity contribution in [3.8, 4) is 11.5 Å². The highest BCUT2D eigenvalue weighted by Gasteiger charge is 2.09. The third kappa shape index (κ3) is 5.78. The van der Waals surface area contributed by atoms with Crippen molar-refractivity contribution in [1.82, 2.24) is 5.32 Å². The Morgan fingerprint density at radius 3 is 2.68 bits per heavy atom. The van der Waals surface area contributed by atoms with Crippen LogP contribution in [0.2, 0.25) is 0 Å². The highest BCUT2D eigenvalue weighted by Crippen LogP contribution is 2.18. The first-order valence-corrected chi connectivity index (χ1v) is 8.37. The predicted molar refractivity (Wildman–Crippen MR) is 95.8 cm³/mol. The number of hydrogen-bond donors (Lipinski definition) is 1. The molecule has 0 spiro atoms. The first-order valence-electron chi connectivity index (χ1n) is 8.37. The summed E-state index contributed by atoms with van der Waals surface area (Å²) in [7, 11) is 1.39. The van der Waals surface area contributed by atoms with E-state index >= 15 is 0 Å². The molecule has 0 atom stereocenters. The molecule has 0 aliphatic rings. The van der Waals surface area contributed by atoms with Gasteiger partial charge in [0.2, 0.25) is 0 Å². The zero-order valence-corrected chi connectivity index (χ0v) is 14.8. The molecular weight excluding hydrogens is 321 g/mol. The highest BCUT2D eigenvalue weighted by atomic mass is 19.1. The monoisotopic (exact) mass is 345 g/mol. The summed E-state index contributed by atoms with van der Waals surface area (Å²) < 4.78 is 24.1. The van der Waals surface area contributed by atoms with Crippen molar-refractivity contribution in [3.63, 3.8) is 0 Å². The van der Waals surface area contributed by atoms with Crippen molar-refractivity contribution in [3.05, 3.63) is 59.4 Å². The second-order valence-corrected chi connectivity index (χ2v) is 6.02. The van der Waals surface area contributed by atoms with Crippen LogP contribution in [0, 0.1) is 5.82 Å². The average molecular weight is 345 g/mol. The van der Waals surface area contributed by atoms with Gasteiger partial charge in [0.1, 0.15) is 5.75 Å². The van der Waals surface area contributed by atoms with E-state index in [-0.39, 0.29) is 23.3 Å². The molecule has 0 saturated carbocycles. The smallest absolute Gasteiger partial charge is 0.251 e. The minimum atomic E-state index is -0.544. The number of ether oxygens (including phenoxy) is 2. The summed E-state index contributed by atoms with van der Waals surface area (Å²) in [5.74, 6) is 0.140. The predicted octanol–water partition coefficient (Wildman–Crippen LogP) is 3.98. The molecule has 0 heterocycles. The average Bonchev–Trinajstić information content (AvgIpc) is 2.58. The van der Waals surface area contributed by atoms with Crippen LogP contribution in [0.1, 0.15) is 36.2 Å². The van der Waals surface area contributed by atoms with Crippen molar-refractivity contribution in [1.29, 1.82) is 0 Å². The number of methoxy groups -OCH3 is 1. The Labute approximate surface area is 148 Å². The molecule has 1 N–H and O–H groups in total. The van der Waals surface area contributed by atoms with Gasteiger partial charge in [0, 0.05) is 12.1 Å². The molecule has 0 aliphatic carbocycles. The van der Waals surface area contributed by atoms with Gasteiger partial charge in [0.25, 0.3) is 5.91 Å². The van der Waals surface area contributed by atoms with Gasteiger partial charge < -0.3 is 14.8 Å². The molecule has 2 aromatic rings. The van der Waals surface area contributed by atoms with Gasteiger partial charge in [-0.3, -0.25) is 4.79 Å². The largest absolute Gasteiger partial charge is 0.494 e. The number of aryl methyl sites for hydroxylation is 1. The number of amides is 1. The molecule has 2 rings (SSSR count). The molecule has 5 heteroatoms. The van der Waals surface area contributed by atoms with Crippen LogP contribution in [0.5, 0.6) is 11.5 Å². The molecule has 0 unspecified atom stereocenters. The van der Waals surface area contributed by atoms with E-state index in [1.54, 1.807) is 6.07 Å². The molecule has 0 saturated heterocycles. The molecule has 0 aromatic heterocycles. The van der Waals surface area contributed by atoms with Crippen molar-refractivity contribution in [2.75, 3.05) is 13.7 Å². The Hall–Kier alpha value is -2.56. The first kappa shape index (κ1) is 18.8. The Morgan fingerprint density at radius 1 is 1.20 bits per heavy atom. The Balaban J connectivity index is 1.81. The lowest BCUT2D eigenvalue weighted by Crippen LogP contribution is -2.24. The van der Waals surface area contributed by atoms with Crippen LogP contribution >= 0.6 is 0 Å². The van der Waals surface area contributed by atoms with Crippen molar-refractivity contribution in [2.45, 2.75) is 32.8 Å². The summed E-state index contributed by atoms with van der Waals surface area (Å²) in [4.78, 5) is 12.0.